The molecular weight excluding hydrogens is 186 g/mol. The quantitative estimate of drug-likeness (QED) is 0.677. The van der Waals surface area contributed by atoms with E-state index >= 15 is 0 Å². The molecule has 76 valence electrons. The van der Waals surface area contributed by atoms with Gasteiger partial charge in [-0.2, -0.15) is 0 Å². The molecule has 1 heterocycles. The van der Waals surface area contributed by atoms with E-state index in [2.05, 4.69) is 5.32 Å². The molecule has 1 aromatic carbocycles. The fraction of sp³-hybridized carbons (Fsp3) is 0.400. The predicted octanol–water partition coefficient (Wildman–Crippen LogP) is 1.97. The fourth-order valence-electron chi connectivity index (χ4n) is 1.87. The van der Waals surface area contributed by atoms with Crippen LogP contribution in [0.3, 0.4) is 0 Å². The highest BCUT2D eigenvalue weighted by molar-refractivity contribution is 5.42. The van der Waals surface area contributed by atoms with Crippen molar-refractivity contribution in [3.8, 4) is 0 Å². The molecule has 2 nitrogen and oxygen atoms in total. The lowest BCUT2D eigenvalue weighted by atomic mass is 10.0. The molecule has 0 aromatic heterocycles. The first-order valence-corrected chi connectivity index (χ1v) is 4.66. The van der Waals surface area contributed by atoms with Crippen molar-refractivity contribution >= 4 is 5.69 Å². The van der Waals surface area contributed by atoms with E-state index in [1.165, 1.54) is 12.1 Å². The summed E-state index contributed by atoms with van der Waals surface area (Å²) in [4.78, 5) is 0. The first kappa shape index (κ1) is 9.40. The average molecular weight is 198 g/mol. The summed E-state index contributed by atoms with van der Waals surface area (Å²) in [5.74, 6) is -1.11. The number of anilines is 1. The van der Waals surface area contributed by atoms with Crippen molar-refractivity contribution in [2.45, 2.75) is 18.9 Å². The number of rotatable bonds is 1. The highest BCUT2D eigenvalue weighted by Gasteiger charge is 2.23. The van der Waals surface area contributed by atoms with Crippen LogP contribution in [-0.2, 0) is 0 Å². The summed E-state index contributed by atoms with van der Waals surface area (Å²) in [6.07, 6.45) is 1.73. The number of nitrogens with one attached hydrogen (secondary N) is 1. The van der Waals surface area contributed by atoms with Crippen LogP contribution in [0.5, 0.6) is 0 Å². The molecule has 0 unspecified atom stereocenters. The zero-order valence-corrected chi connectivity index (χ0v) is 7.69. The highest BCUT2D eigenvalue weighted by Crippen LogP contribution is 2.28. The van der Waals surface area contributed by atoms with E-state index in [1.807, 2.05) is 0 Å². The van der Waals surface area contributed by atoms with Crippen LogP contribution in [0, 0.1) is 11.6 Å². The molecule has 0 bridgehead atoms. The maximum atomic E-state index is 13.4. The maximum Gasteiger partial charge on any atom is 0.132 e. The van der Waals surface area contributed by atoms with Crippen LogP contribution in [-0.4, -0.2) is 6.54 Å². The Morgan fingerprint density at radius 3 is 2.43 bits per heavy atom. The van der Waals surface area contributed by atoms with Crippen LogP contribution in [0.4, 0.5) is 14.5 Å². The molecule has 1 fully saturated rings. The Balaban J connectivity index is 2.40. The van der Waals surface area contributed by atoms with Crippen molar-refractivity contribution in [3.63, 3.8) is 0 Å². The zero-order chi connectivity index (χ0) is 10.1. The molecule has 0 amide bonds. The summed E-state index contributed by atoms with van der Waals surface area (Å²) in [7, 11) is 0. The molecule has 1 atom stereocenters. The lowest BCUT2D eigenvalue weighted by Crippen LogP contribution is -2.16. The monoisotopic (exact) mass is 198 g/mol. The molecule has 2 rings (SSSR count). The number of benzene rings is 1. The summed E-state index contributed by atoms with van der Waals surface area (Å²) in [6.45, 7) is 0.813. The van der Waals surface area contributed by atoms with Crippen LogP contribution < -0.4 is 11.1 Å². The molecule has 0 radical (unpaired) electrons. The van der Waals surface area contributed by atoms with E-state index in [9.17, 15) is 8.78 Å². The lowest BCUT2D eigenvalue weighted by molar-refractivity contribution is 0.508. The molecule has 4 heteroatoms. The Hall–Kier alpha value is -1.16. The largest absolute Gasteiger partial charge is 0.399 e. The average Bonchev–Trinajstić information content (AvgIpc) is 2.54. The normalized spacial score (nSPS) is 21.4. The zero-order valence-electron chi connectivity index (χ0n) is 7.69. The van der Waals surface area contributed by atoms with E-state index in [0.717, 1.165) is 19.4 Å². The summed E-state index contributed by atoms with van der Waals surface area (Å²) < 4.78 is 26.8. The molecule has 1 saturated heterocycles. The van der Waals surface area contributed by atoms with Gasteiger partial charge in [-0.3, -0.25) is 0 Å². The molecule has 0 saturated carbocycles. The Bertz CT molecular complexity index is 323. The van der Waals surface area contributed by atoms with Gasteiger partial charge in [0.05, 0.1) is 0 Å². The van der Waals surface area contributed by atoms with Crippen molar-refractivity contribution in [1.29, 1.82) is 0 Å². The van der Waals surface area contributed by atoms with Crippen LogP contribution in [0.15, 0.2) is 12.1 Å². The van der Waals surface area contributed by atoms with Crippen LogP contribution in [0.1, 0.15) is 24.4 Å². The van der Waals surface area contributed by atoms with Crippen LogP contribution in [0.2, 0.25) is 0 Å². The maximum absolute atomic E-state index is 13.4. The Morgan fingerprint density at radius 1 is 1.29 bits per heavy atom. The van der Waals surface area contributed by atoms with Crippen molar-refractivity contribution in [1.82, 2.24) is 5.32 Å². The SMILES string of the molecule is Nc1cc(F)c([C@H]2CCCN2)c(F)c1. The third-order valence-corrected chi connectivity index (χ3v) is 2.51. The summed E-state index contributed by atoms with van der Waals surface area (Å²) in [6, 6.07) is 2.13. The molecule has 1 aliphatic heterocycles. The van der Waals surface area contributed by atoms with Gasteiger partial charge < -0.3 is 11.1 Å². The van der Waals surface area contributed by atoms with Gasteiger partial charge in [-0.1, -0.05) is 0 Å². The second-order valence-corrected chi connectivity index (χ2v) is 3.55. The Kier molecular flexibility index (Phi) is 2.37. The van der Waals surface area contributed by atoms with Gasteiger partial charge in [-0.15, -0.1) is 0 Å². The van der Waals surface area contributed by atoms with Crippen molar-refractivity contribution in [2.75, 3.05) is 12.3 Å². The van der Waals surface area contributed by atoms with Gasteiger partial charge >= 0.3 is 0 Å². The van der Waals surface area contributed by atoms with Crippen molar-refractivity contribution < 1.29 is 8.78 Å². The van der Waals surface area contributed by atoms with Crippen molar-refractivity contribution in [3.05, 3.63) is 29.3 Å². The lowest BCUT2D eigenvalue weighted by Gasteiger charge is -2.13. The van der Waals surface area contributed by atoms with Gasteiger partial charge in [0.15, 0.2) is 0 Å². The number of nitrogens with two attached hydrogens (primary N) is 1. The van der Waals surface area contributed by atoms with Gasteiger partial charge in [-0.05, 0) is 31.5 Å². The van der Waals surface area contributed by atoms with E-state index < -0.39 is 11.6 Å². The molecular formula is C10H12F2N2. The third kappa shape index (κ3) is 1.57. The topological polar surface area (TPSA) is 38.0 Å². The smallest absolute Gasteiger partial charge is 0.132 e. The minimum atomic E-state index is -0.554. The van der Waals surface area contributed by atoms with Crippen molar-refractivity contribution in [2.24, 2.45) is 0 Å². The fourth-order valence-corrected chi connectivity index (χ4v) is 1.87. The van der Waals surface area contributed by atoms with Gasteiger partial charge in [0.25, 0.3) is 0 Å². The third-order valence-electron chi connectivity index (χ3n) is 2.51. The summed E-state index contributed by atoms with van der Waals surface area (Å²) in [5, 5.41) is 3.05. The highest BCUT2D eigenvalue weighted by atomic mass is 19.1. The number of nitrogen functional groups attached to an aromatic ring is 1. The second kappa shape index (κ2) is 3.53. The van der Waals surface area contributed by atoms with Gasteiger partial charge in [0.2, 0.25) is 0 Å². The number of hydrogen-bond acceptors (Lipinski definition) is 2. The van der Waals surface area contributed by atoms with E-state index in [1.54, 1.807) is 0 Å². The van der Waals surface area contributed by atoms with Gasteiger partial charge in [0.1, 0.15) is 11.6 Å². The minimum Gasteiger partial charge on any atom is -0.399 e. The predicted molar refractivity (Wildman–Crippen MR) is 50.7 cm³/mol. The molecule has 14 heavy (non-hydrogen) atoms. The molecule has 1 aromatic rings. The second-order valence-electron chi connectivity index (χ2n) is 3.55. The van der Waals surface area contributed by atoms with E-state index in [0.29, 0.717) is 0 Å². The Labute approximate surface area is 81.1 Å². The molecule has 0 aliphatic carbocycles. The van der Waals surface area contributed by atoms with Gasteiger partial charge in [0, 0.05) is 17.3 Å². The number of hydrogen-bond donors (Lipinski definition) is 2. The van der Waals surface area contributed by atoms with Crippen LogP contribution >= 0.6 is 0 Å². The standard InChI is InChI=1S/C10H12F2N2/c11-7-4-6(13)5-8(12)10(7)9-2-1-3-14-9/h4-5,9,14H,1-3,13H2/t9-/m1/s1. The summed E-state index contributed by atoms with van der Waals surface area (Å²) >= 11 is 0. The van der Waals surface area contributed by atoms with Crippen LogP contribution in [0.25, 0.3) is 0 Å². The molecule has 0 spiro atoms. The van der Waals surface area contributed by atoms with Gasteiger partial charge in [-0.25, -0.2) is 8.78 Å². The molecule has 1 aliphatic rings. The minimum absolute atomic E-state index is 0.122. The van der Waals surface area contributed by atoms with E-state index in [4.69, 9.17) is 5.73 Å². The molecule has 3 N–H and O–H groups in total. The first-order chi connectivity index (χ1) is 6.68. The first-order valence-electron chi connectivity index (χ1n) is 4.66. The van der Waals surface area contributed by atoms with E-state index in [-0.39, 0.29) is 17.3 Å². The number of halogens is 2. The summed E-state index contributed by atoms with van der Waals surface area (Å²) in [5.41, 5.74) is 5.58. The Morgan fingerprint density at radius 2 is 1.93 bits per heavy atom.